The Labute approximate surface area is 85.9 Å². The number of aromatic nitrogens is 1. The standard InChI is InChI=1S/C12H19NO/c1-10-6-7-11(2)13(10)9-12-5-3-4-8-14-12/h6-7,12H,3-5,8-9H2,1-2H3. The fraction of sp³-hybridized carbons (Fsp3) is 0.667. The first-order chi connectivity index (χ1) is 6.77. The van der Waals surface area contributed by atoms with Crippen molar-refractivity contribution in [3.8, 4) is 0 Å². The summed E-state index contributed by atoms with van der Waals surface area (Å²) in [7, 11) is 0. The van der Waals surface area contributed by atoms with E-state index in [-0.39, 0.29) is 0 Å². The molecule has 2 rings (SSSR count). The highest BCUT2D eigenvalue weighted by molar-refractivity contribution is 5.13. The molecular weight excluding hydrogens is 174 g/mol. The Kier molecular flexibility index (Phi) is 2.92. The van der Waals surface area contributed by atoms with Crippen LogP contribution in [0.25, 0.3) is 0 Å². The highest BCUT2D eigenvalue weighted by atomic mass is 16.5. The van der Waals surface area contributed by atoms with Crippen molar-refractivity contribution in [1.82, 2.24) is 4.57 Å². The Bertz CT molecular complexity index is 278. The SMILES string of the molecule is Cc1ccc(C)n1CC1CCCCO1. The Morgan fingerprint density at radius 1 is 1.29 bits per heavy atom. The highest BCUT2D eigenvalue weighted by Crippen LogP contribution is 2.17. The van der Waals surface area contributed by atoms with Crippen molar-refractivity contribution >= 4 is 0 Å². The van der Waals surface area contributed by atoms with Gasteiger partial charge in [0.2, 0.25) is 0 Å². The number of hydrogen-bond acceptors (Lipinski definition) is 1. The van der Waals surface area contributed by atoms with Gasteiger partial charge in [-0.3, -0.25) is 0 Å². The van der Waals surface area contributed by atoms with Gasteiger partial charge >= 0.3 is 0 Å². The van der Waals surface area contributed by atoms with E-state index in [9.17, 15) is 0 Å². The molecule has 2 heterocycles. The first kappa shape index (κ1) is 9.78. The predicted octanol–water partition coefficient (Wildman–Crippen LogP) is 2.67. The summed E-state index contributed by atoms with van der Waals surface area (Å²) >= 11 is 0. The zero-order valence-corrected chi connectivity index (χ0v) is 9.12. The third-order valence-electron chi connectivity index (χ3n) is 3.08. The van der Waals surface area contributed by atoms with Crippen LogP contribution in [0, 0.1) is 13.8 Å². The van der Waals surface area contributed by atoms with E-state index in [2.05, 4.69) is 30.5 Å². The maximum absolute atomic E-state index is 5.74. The average molecular weight is 193 g/mol. The van der Waals surface area contributed by atoms with Crippen molar-refractivity contribution in [3.05, 3.63) is 23.5 Å². The van der Waals surface area contributed by atoms with Gasteiger partial charge in [-0.1, -0.05) is 0 Å². The second-order valence-corrected chi connectivity index (χ2v) is 4.22. The molecule has 1 aliphatic heterocycles. The van der Waals surface area contributed by atoms with Gasteiger partial charge < -0.3 is 9.30 Å². The summed E-state index contributed by atoms with van der Waals surface area (Å²) in [6, 6.07) is 4.36. The molecule has 0 saturated carbocycles. The number of hydrogen-bond donors (Lipinski definition) is 0. The fourth-order valence-corrected chi connectivity index (χ4v) is 2.14. The van der Waals surface area contributed by atoms with Gasteiger partial charge in [-0.25, -0.2) is 0 Å². The second kappa shape index (κ2) is 4.18. The smallest absolute Gasteiger partial charge is 0.0753 e. The van der Waals surface area contributed by atoms with E-state index in [0.29, 0.717) is 6.10 Å². The fourth-order valence-electron chi connectivity index (χ4n) is 2.14. The third kappa shape index (κ3) is 2.01. The molecule has 1 aliphatic rings. The minimum atomic E-state index is 0.438. The minimum absolute atomic E-state index is 0.438. The van der Waals surface area contributed by atoms with Crippen LogP contribution in [-0.4, -0.2) is 17.3 Å². The number of ether oxygens (including phenoxy) is 1. The summed E-state index contributed by atoms with van der Waals surface area (Å²) in [6.45, 7) is 6.31. The normalized spacial score (nSPS) is 22.6. The van der Waals surface area contributed by atoms with Gasteiger partial charge in [0.25, 0.3) is 0 Å². The van der Waals surface area contributed by atoms with Crippen LogP contribution in [0.4, 0.5) is 0 Å². The van der Waals surface area contributed by atoms with Crippen molar-refractivity contribution in [2.24, 2.45) is 0 Å². The van der Waals surface area contributed by atoms with E-state index in [1.165, 1.54) is 30.7 Å². The van der Waals surface area contributed by atoms with Crippen LogP contribution in [-0.2, 0) is 11.3 Å². The average Bonchev–Trinajstić information content (AvgIpc) is 2.51. The van der Waals surface area contributed by atoms with Gasteiger partial charge in [0, 0.05) is 24.5 Å². The Balaban J connectivity index is 2.02. The number of rotatable bonds is 2. The van der Waals surface area contributed by atoms with E-state index in [1.807, 2.05) is 0 Å². The lowest BCUT2D eigenvalue weighted by Gasteiger charge is -2.24. The van der Waals surface area contributed by atoms with Crippen LogP contribution < -0.4 is 0 Å². The Morgan fingerprint density at radius 2 is 2.00 bits per heavy atom. The molecular formula is C12H19NO. The molecule has 78 valence electrons. The second-order valence-electron chi connectivity index (χ2n) is 4.22. The summed E-state index contributed by atoms with van der Waals surface area (Å²) in [6.07, 6.45) is 4.22. The van der Waals surface area contributed by atoms with Gasteiger partial charge in [0.05, 0.1) is 6.10 Å². The molecule has 1 saturated heterocycles. The quantitative estimate of drug-likeness (QED) is 0.704. The molecule has 1 fully saturated rings. The summed E-state index contributed by atoms with van der Waals surface area (Å²) in [5.41, 5.74) is 2.69. The molecule has 0 aliphatic carbocycles. The van der Waals surface area contributed by atoms with Crippen LogP contribution in [0.5, 0.6) is 0 Å². The van der Waals surface area contributed by atoms with Gasteiger partial charge in [0.15, 0.2) is 0 Å². The summed E-state index contributed by atoms with van der Waals surface area (Å²) in [5, 5.41) is 0. The molecule has 0 N–H and O–H groups in total. The lowest BCUT2D eigenvalue weighted by Crippen LogP contribution is -2.25. The van der Waals surface area contributed by atoms with E-state index in [1.54, 1.807) is 0 Å². The zero-order chi connectivity index (χ0) is 9.97. The lowest BCUT2D eigenvalue weighted by atomic mass is 10.1. The molecule has 2 heteroatoms. The predicted molar refractivity (Wildman–Crippen MR) is 57.5 cm³/mol. The zero-order valence-electron chi connectivity index (χ0n) is 9.12. The minimum Gasteiger partial charge on any atom is -0.376 e. The van der Waals surface area contributed by atoms with E-state index < -0.39 is 0 Å². The van der Waals surface area contributed by atoms with Crippen molar-refractivity contribution in [3.63, 3.8) is 0 Å². The van der Waals surface area contributed by atoms with Crippen LogP contribution in [0.2, 0.25) is 0 Å². The molecule has 0 radical (unpaired) electrons. The van der Waals surface area contributed by atoms with Gasteiger partial charge in [-0.2, -0.15) is 0 Å². The largest absolute Gasteiger partial charge is 0.376 e. The molecule has 1 atom stereocenters. The van der Waals surface area contributed by atoms with Gasteiger partial charge in [0.1, 0.15) is 0 Å². The van der Waals surface area contributed by atoms with Gasteiger partial charge in [-0.15, -0.1) is 0 Å². The molecule has 1 unspecified atom stereocenters. The number of aryl methyl sites for hydroxylation is 2. The summed E-state index contributed by atoms with van der Waals surface area (Å²) in [5.74, 6) is 0. The molecule has 1 aromatic rings. The molecule has 14 heavy (non-hydrogen) atoms. The van der Waals surface area contributed by atoms with Crippen molar-refractivity contribution < 1.29 is 4.74 Å². The third-order valence-corrected chi connectivity index (χ3v) is 3.08. The lowest BCUT2D eigenvalue weighted by molar-refractivity contribution is 0.00546. The van der Waals surface area contributed by atoms with E-state index in [0.717, 1.165) is 13.2 Å². The van der Waals surface area contributed by atoms with Crippen molar-refractivity contribution in [2.45, 2.75) is 45.8 Å². The molecule has 0 spiro atoms. The van der Waals surface area contributed by atoms with Crippen molar-refractivity contribution in [2.75, 3.05) is 6.61 Å². The van der Waals surface area contributed by atoms with Gasteiger partial charge in [-0.05, 0) is 45.2 Å². The van der Waals surface area contributed by atoms with Crippen LogP contribution in [0.1, 0.15) is 30.7 Å². The maximum Gasteiger partial charge on any atom is 0.0753 e. The first-order valence-electron chi connectivity index (χ1n) is 5.51. The van der Waals surface area contributed by atoms with Crippen LogP contribution in [0.15, 0.2) is 12.1 Å². The molecule has 0 amide bonds. The topological polar surface area (TPSA) is 14.2 Å². The summed E-state index contributed by atoms with van der Waals surface area (Å²) < 4.78 is 8.10. The van der Waals surface area contributed by atoms with E-state index >= 15 is 0 Å². The highest BCUT2D eigenvalue weighted by Gasteiger charge is 2.15. The molecule has 0 bridgehead atoms. The molecule has 1 aromatic heterocycles. The maximum atomic E-state index is 5.74. The first-order valence-corrected chi connectivity index (χ1v) is 5.51. The number of nitrogens with zero attached hydrogens (tertiary/aromatic N) is 1. The Morgan fingerprint density at radius 3 is 2.57 bits per heavy atom. The Hall–Kier alpha value is -0.760. The van der Waals surface area contributed by atoms with Crippen LogP contribution in [0.3, 0.4) is 0 Å². The summed E-state index contributed by atoms with van der Waals surface area (Å²) in [4.78, 5) is 0. The van der Waals surface area contributed by atoms with E-state index in [4.69, 9.17) is 4.74 Å². The molecule has 2 nitrogen and oxygen atoms in total. The van der Waals surface area contributed by atoms with Crippen molar-refractivity contribution in [1.29, 1.82) is 0 Å². The van der Waals surface area contributed by atoms with Crippen LogP contribution >= 0.6 is 0 Å². The monoisotopic (exact) mass is 193 g/mol. The molecule has 0 aromatic carbocycles.